The molecule has 0 saturated carbocycles. The second kappa shape index (κ2) is 9.61. The van der Waals surface area contributed by atoms with Gasteiger partial charge in [-0.1, -0.05) is 60.7 Å². The van der Waals surface area contributed by atoms with Gasteiger partial charge in [-0.3, -0.25) is 0 Å². The molecule has 0 spiro atoms. The van der Waals surface area contributed by atoms with Crippen molar-refractivity contribution in [2.75, 3.05) is 13.2 Å². The Bertz CT molecular complexity index is 574. The second-order valence-corrected chi connectivity index (χ2v) is 5.09. The third-order valence-corrected chi connectivity index (χ3v) is 3.19. The molecule has 0 fully saturated rings. The fourth-order valence-corrected chi connectivity index (χ4v) is 1.96. The number of rotatable bonds is 8. The van der Waals surface area contributed by atoms with Crippen molar-refractivity contribution < 1.29 is 19.4 Å². The predicted octanol–water partition coefficient (Wildman–Crippen LogP) is 2.49. The summed E-state index contributed by atoms with van der Waals surface area (Å²) < 4.78 is 10.6. The standard InChI is InChI=1S/C18H21NO4/c20-11-17(14-22-12-15-7-3-1-4-8-15)19-18(21)23-13-16-9-5-2-6-10-16/h1-10,17,20H,11-14H2,(H,19,21)/t17-/m0/s1. The van der Waals surface area contributed by atoms with Crippen LogP contribution in [-0.4, -0.2) is 30.5 Å². The van der Waals surface area contributed by atoms with Gasteiger partial charge >= 0.3 is 6.09 Å². The molecule has 5 heteroatoms. The largest absolute Gasteiger partial charge is 0.445 e. The lowest BCUT2D eigenvalue weighted by molar-refractivity contribution is 0.0707. The smallest absolute Gasteiger partial charge is 0.407 e. The summed E-state index contributed by atoms with van der Waals surface area (Å²) in [5, 5.41) is 11.9. The minimum absolute atomic E-state index is 0.190. The van der Waals surface area contributed by atoms with Gasteiger partial charge in [0.1, 0.15) is 6.61 Å². The van der Waals surface area contributed by atoms with E-state index in [4.69, 9.17) is 9.47 Å². The van der Waals surface area contributed by atoms with Crippen molar-refractivity contribution in [1.82, 2.24) is 5.32 Å². The number of hydrogen-bond acceptors (Lipinski definition) is 4. The highest BCUT2D eigenvalue weighted by Gasteiger charge is 2.12. The minimum Gasteiger partial charge on any atom is -0.445 e. The summed E-state index contributed by atoms with van der Waals surface area (Å²) in [6.45, 7) is 0.620. The van der Waals surface area contributed by atoms with Crippen LogP contribution >= 0.6 is 0 Å². The van der Waals surface area contributed by atoms with Gasteiger partial charge in [-0.25, -0.2) is 4.79 Å². The lowest BCUT2D eigenvalue weighted by Gasteiger charge is -2.16. The number of nitrogens with one attached hydrogen (secondary N) is 1. The van der Waals surface area contributed by atoms with Crippen LogP contribution in [0, 0.1) is 0 Å². The number of alkyl carbamates (subject to hydrolysis) is 1. The van der Waals surface area contributed by atoms with E-state index < -0.39 is 12.1 Å². The highest BCUT2D eigenvalue weighted by atomic mass is 16.5. The number of aliphatic hydroxyl groups is 1. The lowest BCUT2D eigenvalue weighted by Crippen LogP contribution is -2.41. The van der Waals surface area contributed by atoms with Crippen molar-refractivity contribution in [3.8, 4) is 0 Å². The van der Waals surface area contributed by atoms with Crippen molar-refractivity contribution in [3.63, 3.8) is 0 Å². The van der Waals surface area contributed by atoms with Gasteiger partial charge in [0.2, 0.25) is 0 Å². The number of aliphatic hydroxyl groups excluding tert-OH is 1. The SMILES string of the molecule is O=C(N[C@@H](CO)COCc1ccccc1)OCc1ccccc1. The molecule has 0 aliphatic rings. The third kappa shape index (κ3) is 6.50. The first kappa shape index (κ1) is 17.0. The second-order valence-electron chi connectivity index (χ2n) is 5.09. The Morgan fingerprint density at radius 3 is 2.09 bits per heavy atom. The van der Waals surface area contributed by atoms with E-state index in [0.717, 1.165) is 11.1 Å². The highest BCUT2D eigenvalue weighted by Crippen LogP contribution is 2.02. The Hall–Kier alpha value is -2.37. The third-order valence-electron chi connectivity index (χ3n) is 3.19. The maximum Gasteiger partial charge on any atom is 0.407 e. The molecule has 0 bridgehead atoms. The van der Waals surface area contributed by atoms with Crippen LogP contribution in [0.2, 0.25) is 0 Å². The van der Waals surface area contributed by atoms with Crippen LogP contribution in [0.15, 0.2) is 60.7 Å². The molecule has 0 aromatic heterocycles. The molecule has 0 radical (unpaired) electrons. The number of amides is 1. The van der Waals surface area contributed by atoms with Crippen LogP contribution in [0.5, 0.6) is 0 Å². The van der Waals surface area contributed by atoms with E-state index in [1.165, 1.54) is 0 Å². The Balaban J connectivity index is 1.68. The van der Waals surface area contributed by atoms with E-state index in [2.05, 4.69) is 5.32 Å². The Morgan fingerprint density at radius 1 is 0.957 bits per heavy atom. The van der Waals surface area contributed by atoms with Crippen LogP contribution in [0.3, 0.4) is 0 Å². The van der Waals surface area contributed by atoms with Gasteiger partial charge in [0, 0.05) is 0 Å². The molecule has 0 heterocycles. The summed E-state index contributed by atoms with van der Waals surface area (Å²) in [6.07, 6.45) is -0.573. The number of ether oxygens (including phenoxy) is 2. The minimum atomic E-state index is -0.573. The average molecular weight is 315 g/mol. The Morgan fingerprint density at radius 2 is 1.52 bits per heavy atom. The van der Waals surface area contributed by atoms with Gasteiger partial charge < -0.3 is 19.9 Å². The molecule has 0 aliphatic heterocycles. The molecular weight excluding hydrogens is 294 g/mol. The van der Waals surface area contributed by atoms with Gasteiger partial charge in [0.05, 0.1) is 25.9 Å². The maximum absolute atomic E-state index is 11.7. The fraction of sp³-hybridized carbons (Fsp3) is 0.278. The first-order valence-electron chi connectivity index (χ1n) is 7.47. The van der Waals surface area contributed by atoms with Crippen LogP contribution in [0.1, 0.15) is 11.1 Å². The van der Waals surface area contributed by atoms with Crippen molar-refractivity contribution in [1.29, 1.82) is 0 Å². The maximum atomic E-state index is 11.7. The molecule has 1 amide bonds. The van der Waals surface area contributed by atoms with Crippen molar-refractivity contribution in [3.05, 3.63) is 71.8 Å². The fourth-order valence-electron chi connectivity index (χ4n) is 1.96. The molecule has 1 atom stereocenters. The first-order chi connectivity index (χ1) is 11.3. The van der Waals surface area contributed by atoms with Gasteiger partial charge in [-0.05, 0) is 11.1 Å². The number of hydrogen-bond donors (Lipinski definition) is 2. The van der Waals surface area contributed by atoms with Gasteiger partial charge in [0.15, 0.2) is 0 Å². The van der Waals surface area contributed by atoms with E-state index in [1.54, 1.807) is 0 Å². The molecule has 0 unspecified atom stereocenters. The first-order valence-corrected chi connectivity index (χ1v) is 7.47. The van der Waals surface area contributed by atoms with Gasteiger partial charge in [0.25, 0.3) is 0 Å². The summed E-state index contributed by atoms with van der Waals surface area (Å²) in [4.78, 5) is 11.7. The molecular formula is C18H21NO4. The van der Waals surface area contributed by atoms with E-state index in [0.29, 0.717) is 6.61 Å². The zero-order valence-corrected chi connectivity index (χ0v) is 12.9. The number of carbonyl (C=O) groups is 1. The number of benzene rings is 2. The summed E-state index contributed by atoms with van der Waals surface area (Å²) in [6, 6.07) is 18.6. The molecule has 0 aliphatic carbocycles. The zero-order chi connectivity index (χ0) is 16.3. The van der Waals surface area contributed by atoms with Crippen LogP contribution in [-0.2, 0) is 22.7 Å². The zero-order valence-electron chi connectivity index (χ0n) is 12.9. The summed E-state index contributed by atoms with van der Waals surface area (Å²) in [7, 11) is 0. The number of carbonyl (C=O) groups excluding carboxylic acids is 1. The van der Waals surface area contributed by atoms with Crippen LogP contribution in [0.4, 0.5) is 4.79 Å². The molecule has 2 N–H and O–H groups in total. The predicted molar refractivity (Wildman–Crippen MR) is 86.7 cm³/mol. The Kier molecular flexibility index (Phi) is 7.10. The summed E-state index contributed by atoms with van der Waals surface area (Å²) in [5.41, 5.74) is 1.94. The van der Waals surface area contributed by atoms with Crippen LogP contribution in [0.25, 0.3) is 0 Å². The van der Waals surface area contributed by atoms with E-state index in [1.807, 2.05) is 60.7 Å². The monoisotopic (exact) mass is 315 g/mol. The Labute approximate surface area is 135 Å². The van der Waals surface area contributed by atoms with E-state index in [9.17, 15) is 9.90 Å². The van der Waals surface area contributed by atoms with Crippen molar-refractivity contribution >= 4 is 6.09 Å². The van der Waals surface area contributed by atoms with Gasteiger partial charge in [-0.15, -0.1) is 0 Å². The molecule has 0 saturated heterocycles. The highest BCUT2D eigenvalue weighted by molar-refractivity contribution is 5.67. The van der Waals surface area contributed by atoms with Crippen LogP contribution < -0.4 is 5.32 Å². The van der Waals surface area contributed by atoms with Gasteiger partial charge in [-0.2, -0.15) is 0 Å². The van der Waals surface area contributed by atoms with Crippen molar-refractivity contribution in [2.24, 2.45) is 0 Å². The molecule has 5 nitrogen and oxygen atoms in total. The van der Waals surface area contributed by atoms with E-state index in [-0.39, 0.29) is 19.8 Å². The molecule has 122 valence electrons. The lowest BCUT2D eigenvalue weighted by atomic mass is 10.2. The molecule has 23 heavy (non-hydrogen) atoms. The quantitative estimate of drug-likeness (QED) is 0.785. The topological polar surface area (TPSA) is 67.8 Å². The molecule has 2 aromatic rings. The molecule has 2 rings (SSSR count). The summed E-state index contributed by atoms with van der Waals surface area (Å²) in [5.74, 6) is 0. The molecule has 2 aromatic carbocycles. The average Bonchev–Trinajstić information content (AvgIpc) is 2.61. The normalized spacial score (nSPS) is 11.7. The van der Waals surface area contributed by atoms with Crippen molar-refractivity contribution in [2.45, 2.75) is 19.3 Å². The van der Waals surface area contributed by atoms with E-state index >= 15 is 0 Å². The summed E-state index contributed by atoms with van der Waals surface area (Å²) >= 11 is 0.